The third kappa shape index (κ3) is 3.09. The Bertz CT molecular complexity index is 686. The maximum atomic E-state index is 12.7. The van der Waals surface area contributed by atoms with Gasteiger partial charge in [0, 0.05) is 32.1 Å². The quantitative estimate of drug-likeness (QED) is 0.665. The zero-order valence-corrected chi connectivity index (χ0v) is 17.7. The molecule has 0 unspecified atom stereocenters. The molecule has 0 spiro atoms. The first kappa shape index (κ1) is 19.9. The van der Waals surface area contributed by atoms with Crippen molar-refractivity contribution >= 4 is 17.7 Å². The number of rotatable bonds is 2. The van der Waals surface area contributed by atoms with Gasteiger partial charge >= 0.3 is 11.9 Å². The highest BCUT2D eigenvalue weighted by Crippen LogP contribution is 2.66. The first-order chi connectivity index (χ1) is 13.1. The molecule has 0 aromatic rings. The number of esters is 2. The van der Waals surface area contributed by atoms with Crippen molar-refractivity contribution in [3.8, 4) is 0 Å². The van der Waals surface area contributed by atoms with Gasteiger partial charge < -0.3 is 9.47 Å². The van der Waals surface area contributed by atoms with E-state index in [2.05, 4.69) is 13.8 Å². The second-order valence-corrected chi connectivity index (χ2v) is 10.4. The molecule has 0 aliphatic heterocycles. The van der Waals surface area contributed by atoms with Crippen LogP contribution in [0.1, 0.15) is 79.1 Å². The average Bonchev–Trinajstić information content (AvgIpc) is 2.88. The minimum absolute atomic E-state index is 0.0171. The molecule has 4 saturated carbocycles. The minimum atomic E-state index is -0.229. The lowest BCUT2D eigenvalue weighted by atomic mass is 9.44. The molecule has 0 heterocycles. The molecule has 0 saturated heterocycles. The van der Waals surface area contributed by atoms with Crippen LogP contribution in [-0.2, 0) is 23.9 Å². The first-order valence-electron chi connectivity index (χ1n) is 11.0. The van der Waals surface area contributed by atoms with Gasteiger partial charge in [-0.05, 0) is 67.6 Å². The Labute approximate surface area is 167 Å². The number of fused-ring (bicyclic) bond motifs is 5. The van der Waals surface area contributed by atoms with E-state index in [1.54, 1.807) is 0 Å². The lowest BCUT2D eigenvalue weighted by molar-refractivity contribution is -0.189. The summed E-state index contributed by atoms with van der Waals surface area (Å²) in [7, 11) is 0. The van der Waals surface area contributed by atoms with Crippen molar-refractivity contribution < 1.29 is 23.9 Å². The Kier molecular flexibility index (Phi) is 4.86. The molecule has 0 aromatic heterocycles. The van der Waals surface area contributed by atoms with E-state index in [-0.39, 0.29) is 46.8 Å². The highest BCUT2D eigenvalue weighted by molar-refractivity contribution is 5.82. The van der Waals surface area contributed by atoms with Crippen LogP contribution in [0.3, 0.4) is 0 Å². The van der Waals surface area contributed by atoms with Crippen LogP contribution in [0, 0.1) is 34.5 Å². The highest BCUT2D eigenvalue weighted by Gasteiger charge is 2.64. The molecule has 5 nitrogen and oxygen atoms in total. The minimum Gasteiger partial charge on any atom is -0.463 e. The molecule has 8 atom stereocenters. The number of hydrogen-bond acceptors (Lipinski definition) is 5. The molecular weight excluding hydrogens is 356 g/mol. The smallest absolute Gasteiger partial charge is 0.302 e. The standard InChI is InChI=1S/C23H34O5/c1-13(24)27-15-10-18-16-7-8-17-19(26)6-5-9-23(17,4)21(16)20(28-14(2)25)12-22(18,3)11-15/h15-18,20-21H,5-12H2,1-4H3/t15-,16-,17-,18-,20+,21+,22-,23-/m0/s1. The van der Waals surface area contributed by atoms with Crippen LogP contribution in [0.4, 0.5) is 0 Å². The van der Waals surface area contributed by atoms with E-state index in [9.17, 15) is 14.4 Å². The molecule has 0 N–H and O–H groups in total. The summed E-state index contributed by atoms with van der Waals surface area (Å²) in [5.41, 5.74) is -0.0670. The van der Waals surface area contributed by atoms with Crippen molar-refractivity contribution in [1.82, 2.24) is 0 Å². The van der Waals surface area contributed by atoms with Crippen molar-refractivity contribution in [3.05, 3.63) is 0 Å². The lowest BCUT2D eigenvalue weighted by Crippen LogP contribution is -2.59. The van der Waals surface area contributed by atoms with Gasteiger partial charge in [0.25, 0.3) is 0 Å². The van der Waals surface area contributed by atoms with E-state index in [4.69, 9.17) is 9.47 Å². The van der Waals surface area contributed by atoms with Crippen molar-refractivity contribution in [2.24, 2.45) is 34.5 Å². The molecule has 156 valence electrons. The maximum absolute atomic E-state index is 12.7. The van der Waals surface area contributed by atoms with Gasteiger partial charge in [0.2, 0.25) is 0 Å². The molecule has 0 aromatic carbocycles. The van der Waals surface area contributed by atoms with Crippen molar-refractivity contribution in [1.29, 1.82) is 0 Å². The second-order valence-electron chi connectivity index (χ2n) is 10.4. The third-order valence-corrected chi connectivity index (χ3v) is 8.68. The topological polar surface area (TPSA) is 69.7 Å². The van der Waals surface area contributed by atoms with Crippen molar-refractivity contribution in [2.75, 3.05) is 0 Å². The van der Waals surface area contributed by atoms with Crippen LogP contribution in [0.25, 0.3) is 0 Å². The SMILES string of the molecule is CC(=O)O[C@H]1C[C@H]2[C@@H]3CC[C@H]4C(=O)CCC[C@]4(C)[C@H]3[C@H](OC(C)=O)C[C@]2(C)C1. The summed E-state index contributed by atoms with van der Waals surface area (Å²) in [6.45, 7) is 7.54. The Hall–Kier alpha value is -1.39. The largest absolute Gasteiger partial charge is 0.463 e. The van der Waals surface area contributed by atoms with E-state index in [0.29, 0.717) is 24.0 Å². The van der Waals surface area contributed by atoms with Crippen LogP contribution in [-0.4, -0.2) is 29.9 Å². The number of Topliss-reactive ketones (excluding diaryl/α,β-unsaturated/α-hetero) is 1. The Morgan fingerprint density at radius 3 is 2.43 bits per heavy atom. The summed E-state index contributed by atoms with van der Waals surface area (Å²) in [4.78, 5) is 36.2. The van der Waals surface area contributed by atoms with E-state index in [0.717, 1.165) is 44.9 Å². The number of hydrogen-bond donors (Lipinski definition) is 0. The Morgan fingerprint density at radius 1 is 1.04 bits per heavy atom. The zero-order chi connectivity index (χ0) is 20.3. The number of ketones is 1. The predicted molar refractivity (Wildman–Crippen MR) is 103 cm³/mol. The number of ether oxygens (including phenoxy) is 2. The van der Waals surface area contributed by atoms with Crippen molar-refractivity contribution in [2.45, 2.75) is 91.3 Å². The summed E-state index contributed by atoms with van der Waals surface area (Å²) in [6, 6.07) is 0. The summed E-state index contributed by atoms with van der Waals surface area (Å²) in [5.74, 6) is 1.19. The fraction of sp³-hybridized carbons (Fsp3) is 0.870. The van der Waals surface area contributed by atoms with E-state index in [1.807, 2.05) is 0 Å². The number of carbonyl (C=O) groups excluding carboxylic acids is 3. The second kappa shape index (κ2) is 6.84. The molecule has 5 heteroatoms. The van der Waals surface area contributed by atoms with E-state index < -0.39 is 0 Å². The first-order valence-corrected chi connectivity index (χ1v) is 11.0. The molecule has 4 aliphatic rings. The van der Waals surface area contributed by atoms with Gasteiger partial charge in [-0.2, -0.15) is 0 Å². The lowest BCUT2D eigenvalue weighted by Gasteiger charge is -2.61. The Morgan fingerprint density at radius 2 is 1.75 bits per heavy atom. The van der Waals surface area contributed by atoms with Gasteiger partial charge in [-0.1, -0.05) is 13.8 Å². The molecule has 0 bridgehead atoms. The zero-order valence-electron chi connectivity index (χ0n) is 17.7. The van der Waals surface area contributed by atoms with Crippen LogP contribution >= 0.6 is 0 Å². The fourth-order valence-corrected chi connectivity index (χ4v) is 7.92. The van der Waals surface area contributed by atoms with Gasteiger partial charge in [0.05, 0.1) is 0 Å². The van der Waals surface area contributed by atoms with E-state index in [1.165, 1.54) is 13.8 Å². The van der Waals surface area contributed by atoms with Crippen LogP contribution in [0.5, 0.6) is 0 Å². The monoisotopic (exact) mass is 390 g/mol. The number of carbonyl (C=O) groups is 3. The molecule has 0 radical (unpaired) electrons. The summed E-state index contributed by atoms with van der Waals surface area (Å²) < 4.78 is 11.6. The van der Waals surface area contributed by atoms with E-state index >= 15 is 0 Å². The third-order valence-electron chi connectivity index (χ3n) is 8.68. The van der Waals surface area contributed by atoms with Gasteiger partial charge in [0.1, 0.15) is 18.0 Å². The van der Waals surface area contributed by atoms with Crippen molar-refractivity contribution in [3.63, 3.8) is 0 Å². The molecule has 4 rings (SSSR count). The maximum Gasteiger partial charge on any atom is 0.302 e. The van der Waals surface area contributed by atoms with Gasteiger partial charge in [0.15, 0.2) is 0 Å². The summed E-state index contributed by atoms with van der Waals surface area (Å²) >= 11 is 0. The van der Waals surface area contributed by atoms with Crippen LogP contribution < -0.4 is 0 Å². The fourth-order valence-electron chi connectivity index (χ4n) is 7.92. The Balaban J connectivity index is 1.69. The highest BCUT2D eigenvalue weighted by atomic mass is 16.5. The van der Waals surface area contributed by atoms with Crippen LogP contribution in [0.15, 0.2) is 0 Å². The molecule has 4 aliphatic carbocycles. The van der Waals surface area contributed by atoms with Crippen LogP contribution in [0.2, 0.25) is 0 Å². The molecule has 4 fully saturated rings. The molecule has 0 amide bonds. The predicted octanol–water partition coefficient (Wildman–Crippen LogP) is 4.07. The van der Waals surface area contributed by atoms with Gasteiger partial charge in [-0.25, -0.2) is 0 Å². The normalized spacial score (nSPS) is 47.5. The molecular formula is C23H34O5. The summed E-state index contributed by atoms with van der Waals surface area (Å²) in [5, 5.41) is 0. The summed E-state index contributed by atoms with van der Waals surface area (Å²) in [6.07, 6.45) is 7.03. The average molecular weight is 391 g/mol. The van der Waals surface area contributed by atoms with Gasteiger partial charge in [-0.3, -0.25) is 14.4 Å². The van der Waals surface area contributed by atoms with Gasteiger partial charge in [-0.15, -0.1) is 0 Å². The molecule has 28 heavy (non-hydrogen) atoms.